The molecule has 2 saturated heterocycles. The van der Waals surface area contributed by atoms with Crippen LogP contribution in [-0.2, 0) is 9.53 Å². The summed E-state index contributed by atoms with van der Waals surface area (Å²) in [5.74, 6) is 0.787. The van der Waals surface area contributed by atoms with Crippen molar-refractivity contribution in [1.29, 1.82) is 0 Å². The first-order valence-electron chi connectivity index (χ1n) is 10.3. The molecule has 3 aliphatic rings. The lowest BCUT2D eigenvalue weighted by Gasteiger charge is -2.37. The van der Waals surface area contributed by atoms with E-state index in [4.69, 9.17) is 9.72 Å². The number of hydrogen-bond donors (Lipinski definition) is 1. The number of amides is 1. The predicted molar refractivity (Wildman–Crippen MR) is 101 cm³/mol. The molecule has 1 aromatic rings. The molecule has 3 heterocycles. The molecule has 3 fully saturated rings. The van der Waals surface area contributed by atoms with E-state index in [0.717, 1.165) is 56.8 Å². The first kappa shape index (κ1) is 18.6. The van der Waals surface area contributed by atoms with E-state index in [9.17, 15) is 9.90 Å². The van der Waals surface area contributed by atoms with Gasteiger partial charge in [0.15, 0.2) is 0 Å². The first-order chi connectivity index (χ1) is 13.1. The van der Waals surface area contributed by atoms with Gasteiger partial charge in [-0.25, -0.2) is 9.97 Å². The summed E-state index contributed by atoms with van der Waals surface area (Å²) >= 11 is 0. The lowest BCUT2D eigenvalue weighted by Crippen LogP contribution is -2.46. The van der Waals surface area contributed by atoms with Crippen LogP contribution in [-0.4, -0.2) is 64.3 Å². The van der Waals surface area contributed by atoms with Crippen molar-refractivity contribution in [3.8, 4) is 0 Å². The van der Waals surface area contributed by atoms with E-state index in [2.05, 4.69) is 9.88 Å². The van der Waals surface area contributed by atoms with Gasteiger partial charge in [-0.15, -0.1) is 0 Å². The zero-order chi connectivity index (χ0) is 18.7. The lowest BCUT2D eigenvalue weighted by molar-refractivity contribution is -0.145. The normalized spacial score (nSPS) is 25.6. The minimum absolute atomic E-state index is 0.0292. The fraction of sp³-hybridized carbons (Fsp3) is 0.750. The van der Waals surface area contributed by atoms with Gasteiger partial charge in [0, 0.05) is 25.8 Å². The Morgan fingerprint density at radius 3 is 2.74 bits per heavy atom. The molecule has 1 saturated carbocycles. The SMILES string of the molecule is O=C(CC1(O)CCCCC1)N1CCO[C@H](c2ccnc(N3CCCC3)n2)C1. The highest BCUT2D eigenvalue weighted by Gasteiger charge is 2.35. The molecule has 1 aliphatic carbocycles. The predicted octanol–water partition coefficient (Wildman–Crippen LogP) is 2.06. The van der Waals surface area contributed by atoms with Gasteiger partial charge in [-0.1, -0.05) is 19.3 Å². The van der Waals surface area contributed by atoms with Gasteiger partial charge in [-0.2, -0.15) is 0 Å². The number of nitrogens with zero attached hydrogens (tertiary/aromatic N) is 4. The Hall–Kier alpha value is -1.73. The highest BCUT2D eigenvalue weighted by Crippen LogP contribution is 2.32. The molecule has 4 rings (SSSR count). The zero-order valence-corrected chi connectivity index (χ0v) is 16.0. The Morgan fingerprint density at radius 2 is 1.96 bits per heavy atom. The van der Waals surface area contributed by atoms with E-state index >= 15 is 0 Å². The monoisotopic (exact) mass is 374 g/mol. The Morgan fingerprint density at radius 1 is 1.19 bits per heavy atom. The number of rotatable bonds is 4. The number of carbonyl (C=O) groups is 1. The third kappa shape index (κ3) is 4.41. The Kier molecular flexibility index (Phi) is 5.59. The van der Waals surface area contributed by atoms with Gasteiger partial charge in [-0.3, -0.25) is 4.79 Å². The summed E-state index contributed by atoms with van der Waals surface area (Å²) < 4.78 is 5.91. The molecule has 0 aromatic carbocycles. The molecule has 148 valence electrons. The smallest absolute Gasteiger partial charge is 0.225 e. The number of morpholine rings is 1. The Bertz CT molecular complexity index is 656. The number of hydrogen-bond acceptors (Lipinski definition) is 6. The zero-order valence-electron chi connectivity index (χ0n) is 16.0. The van der Waals surface area contributed by atoms with Crippen molar-refractivity contribution in [1.82, 2.24) is 14.9 Å². The Balaban J connectivity index is 1.40. The fourth-order valence-electron chi connectivity index (χ4n) is 4.45. The van der Waals surface area contributed by atoms with Crippen molar-refractivity contribution in [2.24, 2.45) is 0 Å². The van der Waals surface area contributed by atoms with Crippen LogP contribution < -0.4 is 4.90 Å². The summed E-state index contributed by atoms with van der Waals surface area (Å²) in [5, 5.41) is 10.7. The second kappa shape index (κ2) is 8.10. The molecular formula is C20H30N4O3. The first-order valence-corrected chi connectivity index (χ1v) is 10.3. The molecule has 1 N–H and O–H groups in total. The van der Waals surface area contributed by atoms with Crippen LogP contribution in [0.3, 0.4) is 0 Å². The third-order valence-corrected chi connectivity index (χ3v) is 6.07. The standard InChI is InChI=1S/C20H30N4O3/c25-18(14-20(26)7-2-1-3-8-20)24-12-13-27-17(15-24)16-6-9-21-19(22-16)23-10-4-5-11-23/h6,9,17,26H,1-5,7-8,10-15H2/t17-/m0/s1. The molecule has 1 aromatic heterocycles. The quantitative estimate of drug-likeness (QED) is 0.869. The van der Waals surface area contributed by atoms with E-state index in [1.807, 2.05) is 11.0 Å². The molecule has 0 unspecified atom stereocenters. The second-order valence-corrected chi connectivity index (χ2v) is 8.14. The summed E-state index contributed by atoms with van der Waals surface area (Å²) in [6, 6.07) is 1.88. The van der Waals surface area contributed by atoms with Gasteiger partial charge < -0.3 is 19.6 Å². The van der Waals surface area contributed by atoms with Crippen LogP contribution in [0.1, 0.15) is 63.2 Å². The molecule has 0 spiro atoms. The van der Waals surface area contributed by atoms with Gasteiger partial charge >= 0.3 is 0 Å². The highest BCUT2D eigenvalue weighted by molar-refractivity contribution is 5.77. The minimum Gasteiger partial charge on any atom is -0.389 e. The van der Waals surface area contributed by atoms with E-state index in [-0.39, 0.29) is 18.4 Å². The van der Waals surface area contributed by atoms with Crippen molar-refractivity contribution in [3.05, 3.63) is 18.0 Å². The number of anilines is 1. The average molecular weight is 374 g/mol. The number of aromatic nitrogens is 2. The van der Waals surface area contributed by atoms with Crippen LogP contribution in [0.4, 0.5) is 5.95 Å². The summed E-state index contributed by atoms with van der Waals surface area (Å²) in [7, 11) is 0. The topological polar surface area (TPSA) is 78.8 Å². The van der Waals surface area contributed by atoms with Crippen LogP contribution in [0.2, 0.25) is 0 Å². The summed E-state index contributed by atoms with van der Waals surface area (Å²) in [4.78, 5) is 25.9. The molecule has 7 heteroatoms. The van der Waals surface area contributed by atoms with Crippen molar-refractivity contribution in [2.75, 3.05) is 37.7 Å². The van der Waals surface area contributed by atoms with Crippen molar-refractivity contribution in [3.63, 3.8) is 0 Å². The number of aliphatic hydroxyl groups is 1. The highest BCUT2D eigenvalue weighted by atomic mass is 16.5. The average Bonchev–Trinajstić information content (AvgIpc) is 3.23. The summed E-state index contributed by atoms with van der Waals surface area (Å²) in [5.41, 5.74) is 0.0156. The summed E-state index contributed by atoms with van der Waals surface area (Å²) in [6.07, 6.45) is 8.78. The number of ether oxygens (including phenoxy) is 1. The number of carbonyl (C=O) groups excluding carboxylic acids is 1. The van der Waals surface area contributed by atoms with Gasteiger partial charge in [0.1, 0.15) is 6.10 Å². The maximum Gasteiger partial charge on any atom is 0.225 e. The minimum atomic E-state index is -0.818. The van der Waals surface area contributed by atoms with Gasteiger partial charge in [0.2, 0.25) is 11.9 Å². The largest absolute Gasteiger partial charge is 0.389 e. The lowest BCUT2D eigenvalue weighted by atomic mass is 9.82. The maximum atomic E-state index is 12.8. The van der Waals surface area contributed by atoms with Crippen LogP contribution in [0.25, 0.3) is 0 Å². The summed E-state index contributed by atoms with van der Waals surface area (Å²) in [6.45, 7) is 3.56. The molecule has 27 heavy (non-hydrogen) atoms. The second-order valence-electron chi connectivity index (χ2n) is 8.14. The molecular weight excluding hydrogens is 344 g/mol. The van der Waals surface area contributed by atoms with Crippen LogP contribution >= 0.6 is 0 Å². The van der Waals surface area contributed by atoms with Gasteiger partial charge in [0.25, 0.3) is 0 Å². The van der Waals surface area contributed by atoms with Crippen LogP contribution in [0.15, 0.2) is 12.3 Å². The maximum absolute atomic E-state index is 12.8. The Labute approximate surface area is 160 Å². The van der Waals surface area contributed by atoms with Crippen molar-refractivity contribution < 1.29 is 14.6 Å². The molecule has 2 aliphatic heterocycles. The van der Waals surface area contributed by atoms with Crippen LogP contribution in [0.5, 0.6) is 0 Å². The molecule has 0 radical (unpaired) electrons. The van der Waals surface area contributed by atoms with E-state index in [0.29, 0.717) is 19.7 Å². The van der Waals surface area contributed by atoms with E-state index < -0.39 is 5.60 Å². The fourth-order valence-corrected chi connectivity index (χ4v) is 4.45. The van der Waals surface area contributed by atoms with E-state index in [1.165, 1.54) is 12.8 Å². The molecule has 1 atom stereocenters. The third-order valence-electron chi connectivity index (χ3n) is 6.07. The molecule has 7 nitrogen and oxygen atoms in total. The van der Waals surface area contributed by atoms with E-state index in [1.54, 1.807) is 6.20 Å². The molecule has 1 amide bonds. The van der Waals surface area contributed by atoms with Crippen molar-refractivity contribution >= 4 is 11.9 Å². The van der Waals surface area contributed by atoms with Crippen molar-refractivity contribution in [2.45, 2.75) is 63.1 Å². The molecule has 0 bridgehead atoms. The van der Waals surface area contributed by atoms with Gasteiger partial charge in [-0.05, 0) is 31.7 Å². The van der Waals surface area contributed by atoms with Gasteiger partial charge in [0.05, 0.1) is 30.9 Å². The van der Waals surface area contributed by atoms with Crippen LogP contribution in [0, 0.1) is 0 Å².